The van der Waals surface area contributed by atoms with Gasteiger partial charge >= 0.3 is 0 Å². The van der Waals surface area contributed by atoms with E-state index >= 15 is 0 Å². The highest BCUT2D eigenvalue weighted by Gasteiger charge is 2.23. The quantitative estimate of drug-likeness (QED) is 0.728. The molecule has 0 saturated carbocycles. The van der Waals surface area contributed by atoms with Gasteiger partial charge in [0.1, 0.15) is 5.84 Å². The molecule has 1 aliphatic rings. The Hall–Kier alpha value is -1.93. The second-order valence-corrected chi connectivity index (χ2v) is 5.07. The zero-order valence-electron chi connectivity index (χ0n) is 8.70. The number of hydrogen-bond acceptors (Lipinski definition) is 5. The lowest BCUT2D eigenvalue weighted by molar-refractivity contribution is -0.116. The van der Waals surface area contributed by atoms with Crippen molar-refractivity contribution in [2.75, 3.05) is 5.01 Å². The summed E-state index contributed by atoms with van der Waals surface area (Å²) in [6.45, 7) is 0. The topological polar surface area (TPSA) is 119 Å². The zero-order chi connectivity index (χ0) is 12.6. The first kappa shape index (κ1) is 11.6. The predicted molar refractivity (Wildman–Crippen MR) is 61.5 cm³/mol. The van der Waals surface area contributed by atoms with E-state index in [0.29, 0.717) is 5.69 Å². The van der Waals surface area contributed by atoms with Crippen molar-refractivity contribution in [2.45, 2.75) is 11.3 Å². The van der Waals surface area contributed by atoms with Gasteiger partial charge in [0.05, 0.1) is 17.0 Å². The summed E-state index contributed by atoms with van der Waals surface area (Å²) in [6.07, 6.45) is 0.0664. The monoisotopic (exact) mass is 254 g/mol. The lowest BCUT2D eigenvalue weighted by Gasteiger charge is -2.11. The van der Waals surface area contributed by atoms with Gasteiger partial charge in [0.15, 0.2) is 0 Å². The second-order valence-electron chi connectivity index (χ2n) is 3.51. The molecule has 0 spiro atoms. The highest BCUT2D eigenvalue weighted by Crippen LogP contribution is 2.21. The van der Waals surface area contributed by atoms with Gasteiger partial charge in [-0.1, -0.05) is 0 Å². The van der Waals surface area contributed by atoms with Gasteiger partial charge in [-0.15, -0.1) is 0 Å². The molecule has 1 heterocycles. The standard InChI is InChI=1S/C9H10N4O3S/c10-8-5-9(14)13(12-8)6-1-3-7(4-2-6)17(11,15)16/h1-4H,5H2,(H2,10,12)(H2,11,15,16). The van der Waals surface area contributed by atoms with Crippen LogP contribution in [0.25, 0.3) is 0 Å². The summed E-state index contributed by atoms with van der Waals surface area (Å²) in [7, 11) is -3.73. The summed E-state index contributed by atoms with van der Waals surface area (Å²) in [5.74, 6) is -0.0311. The fraction of sp³-hybridized carbons (Fsp3) is 0.111. The van der Waals surface area contributed by atoms with Crippen LogP contribution in [-0.2, 0) is 14.8 Å². The van der Waals surface area contributed by atoms with E-state index in [1.807, 2.05) is 0 Å². The average Bonchev–Trinajstić information content (AvgIpc) is 2.57. The molecule has 0 bridgehead atoms. The van der Waals surface area contributed by atoms with Gasteiger partial charge in [0.2, 0.25) is 10.0 Å². The number of amidine groups is 1. The number of rotatable bonds is 2. The largest absolute Gasteiger partial charge is 0.385 e. The van der Waals surface area contributed by atoms with Gasteiger partial charge in [-0.25, -0.2) is 13.6 Å². The summed E-state index contributed by atoms with van der Waals surface area (Å²) < 4.78 is 22.1. The lowest BCUT2D eigenvalue weighted by Crippen LogP contribution is -2.20. The molecule has 0 radical (unpaired) electrons. The summed E-state index contributed by atoms with van der Waals surface area (Å²) in [5.41, 5.74) is 5.87. The Morgan fingerprint density at radius 2 is 1.82 bits per heavy atom. The highest BCUT2D eigenvalue weighted by atomic mass is 32.2. The first-order valence-electron chi connectivity index (χ1n) is 4.67. The first-order valence-corrected chi connectivity index (χ1v) is 6.21. The van der Waals surface area contributed by atoms with Crippen molar-refractivity contribution in [1.82, 2.24) is 0 Å². The molecular formula is C9H10N4O3S. The molecule has 4 N–H and O–H groups in total. The Kier molecular flexibility index (Phi) is 2.60. The maximum absolute atomic E-state index is 11.5. The van der Waals surface area contributed by atoms with Crippen LogP contribution in [-0.4, -0.2) is 20.2 Å². The molecule has 2 rings (SSSR count). The van der Waals surface area contributed by atoms with Crippen molar-refractivity contribution in [3.05, 3.63) is 24.3 Å². The molecule has 7 nitrogen and oxygen atoms in total. The average molecular weight is 254 g/mol. The molecule has 0 aromatic heterocycles. The third-order valence-electron chi connectivity index (χ3n) is 2.21. The van der Waals surface area contributed by atoms with Gasteiger partial charge in [0, 0.05) is 0 Å². The summed E-state index contributed by atoms with van der Waals surface area (Å²) in [4.78, 5) is 11.4. The fourth-order valence-electron chi connectivity index (χ4n) is 1.43. The summed E-state index contributed by atoms with van der Waals surface area (Å²) in [6, 6.07) is 5.50. The number of amides is 1. The number of hydrogen-bond donors (Lipinski definition) is 2. The molecule has 0 atom stereocenters. The minimum Gasteiger partial charge on any atom is -0.385 e. The van der Waals surface area contributed by atoms with E-state index < -0.39 is 10.0 Å². The maximum Gasteiger partial charge on any atom is 0.255 e. The predicted octanol–water partition coefficient (Wildman–Crippen LogP) is -0.657. The van der Waals surface area contributed by atoms with Gasteiger partial charge < -0.3 is 5.73 Å². The molecule has 1 aromatic rings. The van der Waals surface area contributed by atoms with Crippen LogP contribution in [0, 0.1) is 0 Å². The van der Waals surface area contributed by atoms with Gasteiger partial charge in [-0.3, -0.25) is 4.79 Å². The molecule has 0 aliphatic carbocycles. The second kappa shape index (κ2) is 3.82. The number of anilines is 1. The van der Waals surface area contributed by atoms with Gasteiger partial charge in [-0.2, -0.15) is 10.1 Å². The SMILES string of the molecule is NC1=NN(c2ccc(S(N)(=O)=O)cc2)C(=O)C1. The lowest BCUT2D eigenvalue weighted by atomic mass is 10.3. The molecule has 1 aliphatic heterocycles. The first-order chi connectivity index (χ1) is 7.88. The van der Waals surface area contributed by atoms with E-state index in [0.717, 1.165) is 5.01 Å². The molecule has 8 heteroatoms. The van der Waals surface area contributed by atoms with Crippen LogP contribution in [0.2, 0.25) is 0 Å². The fourth-order valence-corrected chi connectivity index (χ4v) is 1.94. The van der Waals surface area contributed by atoms with Crippen molar-refractivity contribution in [1.29, 1.82) is 0 Å². The van der Waals surface area contributed by atoms with E-state index in [4.69, 9.17) is 10.9 Å². The Balaban J connectivity index is 2.34. The number of nitrogens with zero attached hydrogens (tertiary/aromatic N) is 2. The third-order valence-corrected chi connectivity index (χ3v) is 3.14. The van der Waals surface area contributed by atoms with Crippen molar-refractivity contribution in [2.24, 2.45) is 16.0 Å². The Morgan fingerprint density at radius 1 is 1.24 bits per heavy atom. The van der Waals surface area contributed by atoms with E-state index in [-0.39, 0.29) is 23.1 Å². The summed E-state index contributed by atoms with van der Waals surface area (Å²) in [5, 5.41) is 9.91. The van der Waals surface area contributed by atoms with Crippen molar-refractivity contribution in [3.63, 3.8) is 0 Å². The highest BCUT2D eigenvalue weighted by molar-refractivity contribution is 7.89. The van der Waals surface area contributed by atoms with E-state index in [1.54, 1.807) is 0 Å². The normalized spacial score (nSPS) is 16.2. The van der Waals surface area contributed by atoms with E-state index in [9.17, 15) is 13.2 Å². The molecule has 0 saturated heterocycles. The molecule has 0 unspecified atom stereocenters. The maximum atomic E-state index is 11.5. The number of sulfonamides is 1. The van der Waals surface area contributed by atoms with Crippen molar-refractivity contribution < 1.29 is 13.2 Å². The summed E-state index contributed by atoms with van der Waals surface area (Å²) >= 11 is 0. The Morgan fingerprint density at radius 3 is 2.24 bits per heavy atom. The van der Waals surface area contributed by atoms with Crippen LogP contribution in [0.5, 0.6) is 0 Å². The number of nitrogens with two attached hydrogens (primary N) is 2. The number of hydrazone groups is 1. The number of benzene rings is 1. The molecule has 0 fully saturated rings. The number of primary sulfonamides is 1. The zero-order valence-corrected chi connectivity index (χ0v) is 9.52. The minimum absolute atomic E-state index is 0.0233. The van der Waals surface area contributed by atoms with Crippen LogP contribution in [0.3, 0.4) is 0 Å². The van der Waals surface area contributed by atoms with Crippen LogP contribution >= 0.6 is 0 Å². The molecule has 1 amide bonds. The van der Waals surface area contributed by atoms with Crippen molar-refractivity contribution in [3.8, 4) is 0 Å². The van der Waals surface area contributed by atoms with Crippen molar-refractivity contribution >= 4 is 27.5 Å². The number of carbonyl (C=O) groups excluding carboxylic acids is 1. The van der Waals surface area contributed by atoms with Crippen LogP contribution < -0.4 is 15.9 Å². The van der Waals surface area contributed by atoms with E-state index in [2.05, 4.69) is 5.10 Å². The number of carbonyl (C=O) groups is 1. The van der Waals surface area contributed by atoms with Crippen LogP contribution in [0.4, 0.5) is 5.69 Å². The Bertz CT molecular complexity index is 591. The van der Waals surface area contributed by atoms with Crippen LogP contribution in [0.15, 0.2) is 34.3 Å². The molecule has 17 heavy (non-hydrogen) atoms. The smallest absolute Gasteiger partial charge is 0.255 e. The minimum atomic E-state index is -3.73. The molecule has 90 valence electrons. The Labute approximate surface area is 97.7 Å². The molecule has 1 aromatic carbocycles. The van der Waals surface area contributed by atoms with E-state index in [1.165, 1.54) is 24.3 Å². The molecular weight excluding hydrogens is 244 g/mol. The third kappa shape index (κ3) is 2.27. The van der Waals surface area contributed by atoms with Crippen LogP contribution in [0.1, 0.15) is 6.42 Å². The van der Waals surface area contributed by atoms with Gasteiger partial charge in [-0.05, 0) is 24.3 Å². The van der Waals surface area contributed by atoms with Gasteiger partial charge in [0.25, 0.3) is 5.91 Å².